The molecular formula is C8H9NO2. The Bertz CT molecular complexity index is 262. The lowest BCUT2D eigenvalue weighted by Crippen LogP contribution is -2.17. The van der Waals surface area contributed by atoms with E-state index >= 15 is 0 Å². The van der Waals surface area contributed by atoms with Gasteiger partial charge in [-0.3, -0.25) is 0 Å². The van der Waals surface area contributed by atoms with Gasteiger partial charge in [-0.25, -0.2) is 0 Å². The van der Waals surface area contributed by atoms with E-state index in [0.29, 0.717) is 5.56 Å². The van der Waals surface area contributed by atoms with Gasteiger partial charge in [0.2, 0.25) is 5.79 Å². The number of ether oxygens (including phenoxy) is 1. The fourth-order valence-corrected chi connectivity index (χ4v) is 1.07. The monoisotopic (exact) mass is 151 g/mol. The van der Waals surface area contributed by atoms with E-state index in [1.165, 1.54) is 0 Å². The van der Waals surface area contributed by atoms with Gasteiger partial charge in [0.1, 0.15) is 0 Å². The van der Waals surface area contributed by atoms with Gasteiger partial charge in [0, 0.05) is 5.56 Å². The van der Waals surface area contributed by atoms with Gasteiger partial charge in [-0.1, -0.05) is 30.3 Å². The van der Waals surface area contributed by atoms with E-state index in [1.807, 2.05) is 18.2 Å². The summed E-state index contributed by atoms with van der Waals surface area (Å²) in [6.45, 7) is 0. The Labute approximate surface area is 64.4 Å². The predicted molar refractivity (Wildman–Crippen MR) is 39.4 cm³/mol. The Morgan fingerprint density at radius 3 is 2.36 bits per heavy atom. The second kappa shape index (κ2) is 2.04. The quantitative estimate of drug-likeness (QED) is 0.561. The first-order valence-corrected chi connectivity index (χ1v) is 3.45. The minimum absolute atomic E-state index is 0.565. The molecule has 1 aromatic rings. The van der Waals surface area contributed by atoms with Gasteiger partial charge in [0.15, 0.2) is 6.23 Å². The maximum Gasteiger partial charge on any atom is 0.235 e. The molecule has 1 fully saturated rings. The Balaban J connectivity index is 2.32. The molecular weight excluding hydrogens is 142 g/mol. The van der Waals surface area contributed by atoms with Crippen LogP contribution in [0.5, 0.6) is 0 Å². The van der Waals surface area contributed by atoms with Crippen molar-refractivity contribution in [1.29, 1.82) is 0 Å². The Morgan fingerprint density at radius 1 is 1.36 bits per heavy atom. The lowest BCUT2D eigenvalue weighted by atomic mass is 10.1. The molecule has 0 amide bonds. The molecule has 1 heterocycles. The highest BCUT2D eigenvalue weighted by molar-refractivity contribution is 5.24. The third-order valence-corrected chi connectivity index (χ3v) is 1.82. The molecule has 0 saturated carbocycles. The molecule has 2 unspecified atom stereocenters. The van der Waals surface area contributed by atoms with E-state index in [0.717, 1.165) is 0 Å². The van der Waals surface area contributed by atoms with Crippen molar-refractivity contribution in [3.8, 4) is 0 Å². The summed E-state index contributed by atoms with van der Waals surface area (Å²) in [5, 5.41) is 9.52. The summed E-state index contributed by atoms with van der Waals surface area (Å²) in [4.78, 5) is 0. The van der Waals surface area contributed by atoms with Crippen LogP contribution in [0.25, 0.3) is 0 Å². The number of aliphatic hydroxyl groups is 1. The summed E-state index contributed by atoms with van der Waals surface area (Å²) in [7, 11) is 0. The number of hydrogen-bond acceptors (Lipinski definition) is 3. The van der Waals surface area contributed by atoms with E-state index in [1.54, 1.807) is 12.1 Å². The van der Waals surface area contributed by atoms with Gasteiger partial charge in [0.05, 0.1) is 0 Å². The average molecular weight is 151 g/mol. The van der Waals surface area contributed by atoms with Crippen LogP contribution in [0.2, 0.25) is 0 Å². The zero-order valence-corrected chi connectivity index (χ0v) is 5.90. The molecule has 11 heavy (non-hydrogen) atoms. The van der Waals surface area contributed by atoms with Crippen LogP contribution in [0, 0.1) is 0 Å². The van der Waals surface area contributed by atoms with Crippen molar-refractivity contribution >= 4 is 0 Å². The third-order valence-electron chi connectivity index (χ3n) is 1.82. The first-order valence-electron chi connectivity index (χ1n) is 3.45. The molecule has 0 bridgehead atoms. The molecule has 58 valence electrons. The molecule has 1 aliphatic rings. The van der Waals surface area contributed by atoms with Crippen LogP contribution in [-0.4, -0.2) is 11.3 Å². The number of nitrogens with two attached hydrogens (primary N) is 1. The zero-order chi connectivity index (χ0) is 7.90. The fraction of sp³-hybridized carbons (Fsp3) is 0.250. The summed E-state index contributed by atoms with van der Waals surface area (Å²) in [6, 6.07) is 9.11. The Morgan fingerprint density at radius 2 is 1.91 bits per heavy atom. The van der Waals surface area contributed by atoms with Gasteiger partial charge >= 0.3 is 0 Å². The lowest BCUT2D eigenvalue weighted by molar-refractivity contribution is 0.0333. The van der Waals surface area contributed by atoms with E-state index in [-0.39, 0.29) is 0 Å². The Kier molecular flexibility index (Phi) is 1.26. The second-order valence-electron chi connectivity index (χ2n) is 2.60. The number of benzene rings is 1. The van der Waals surface area contributed by atoms with E-state index in [2.05, 4.69) is 0 Å². The molecule has 3 nitrogen and oxygen atoms in total. The molecule has 1 saturated heterocycles. The number of epoxide rings is 1. The topological polar surface area (TPSA) is 58.8 Å². The van der Waals surface area contributed by atoms with Gasteiger partial charge in [0.25, 0.3) is 0 Å². The largest absolute Gasteiger partial charge is 0.359 e. The van der Waals surface area contributed by atoms with Crippen molar-refractivity contribution < 1.29 is 9.84 Å². The standard InChI is InChI=1S/C8H9NO2/c9-7-8(10,11-7)6-4-2-1-3-5-6/h1-5,7,10H,9H2. The van der Waals surface area contributed by atoms with E-state index in [9.17, 15) is 5.11 Å². The molecule has 0 aliphatic carbocycles. The molecule has 1 aromatic carbocycles. The highest BCUT2D eigenvalue weighted by Crippen LogP contribution is 2.39. The zero-order valence-electron chi connectivity index (χ0n) is 5.90. The van der Waals surface area contributed by atoms with Crippen molar-refractivity contribution in [2.45, 2.75) is 12.0 Å². The van der Waals surface area contributed by atoms with Crippen LogP contribution in [0.1, 0.15) is 5.56 Å². The molecule has 1 aliphatic heterocycles. The SMILES string of the molecule is NC1OC1(O)c1ccccc1. The van der Waals surface area contributed by atoms with Crippen LogP contribution in [0.4, 0.5) is 0 Å². The van der Waals surface area contributed by atoms with Crippen molar-refractivity contribution in [3.63, 3.8) is 0 Å². The molecule has 3 N–H and O–H groups in total. The van der Waals surface area contributed by atoms with E-state index < -0.39 is 12.0 Å². The number of rotatable bonds is 1. The molecule has 0 radical (unpaired) electrons. The van der Waals surface area contributed by atoms with Crippen molar-refractivity contribution in [1.82, 2.24) is 0 Å². The minimum Gasteiger partial charge on any atom is -0.359 e. The van der Waals surface area contributed by atoms with Crippen molar-refractivity contribution in [2.24, 2.45) is 5.73 Å². The molecule has 0 spiro atoms. The number of hydrogen-bond donors (Lipinski definition) is 2. The molecule has 2 atom stereocenters. The normalized spacial score (nSPS) is 35.3. The van der Waals surface area contributed by atoms with Gasteiger partial charge in [-0.15, -0.1) is 0 Å². The van der Waals surface area contributed by atoms with Crippen molar-refractivity contribution in [2.75, 3.05) is 0 Å². The smallest absolute Gasteiger partial charge is 0.235 e. The molecule has 3 heteroatoms. The summed E-state index contributed by atoms with van der Waals surface area (Å²) in [5.74, 6) is -1.22. The van der Waals surface area contributed by atoms with Crippen LogP contribution in [0.15, 0.2) is 30.3 Å². The summed E-state index contributed by atoms with van der Waals surface area (Å²) < 4.78 is 4.82. The van der Waals surface area contributed by atoms with Gasteiger partial charge in [-0.05, 0) is 0 Å². The summed E-state index contributed by atoms with van der Waals surface area (Å²) in [5.41, 5.74) is 6.08. The second-order valence-corrected chi connectivity index (χ2v) is 2.60. The van der Waals surface area contributed by atoms with Crippen LogP contribution >= 0.6 is 0 Å². The molecule has 2 rings (SSSR count). The predicted octanol–water partition coefficient (Wildman–Crippen LogP) is 0.147. The molecule has 0 aromatic heterocycles. The minimum atomic E-state index is -1.22. The van der Waals surface area contributed by atoms with Gasteiger partial charge < -0.3 is 15.6 Å². The summed E-state index contributed by atoms with van der Waals surface area (Å²) in [6.07, 6.45) is -0.565. The van der Waals surface area contributed by atoms with Crippen LogP contribution in [-0.2, 0) is 10.5 Å². The van der Waals surface area contributed by atoms with Gasteiger partial charge in [-0.2, -0.15) is 0 Å². The summed E-state index contributed by atoms with van der Waals surface area (Å²) >= 11 is 0. The maximum absolute atomic E-state index is 9.52. The lowest BCUT2D eigenvalue weighted by Gasteiger charge is -2.02. The van der Waals surface area contributed by atoms with Crippen LogP contribution < -0.4 is 5.73 Å². The highest BCUT2D eigenvalue weighted by Gasteiger charge is 2.54. The fourth-order valence-electron chi connectivity index (χ4n) is 1.07. The average Bonchev–Trinajstić information content (AvgIpc) is 2.64. The first kappa shape index (κ1) is 6.79. The Hall–Kier alpha value is -0.900. The highest BCUT2D eigenvalue weighted by atomic mass is 16.7. The maximum atomic E-state index is 9.52. The van der Waals surface area contributed by atoms with E-state index in [4.69, 9.17) is 10.5 Å². The third kappa shape index (κ3) is 0.939. The first-order chi connectivity index (χ1) is 5.23. The van der Waals surface area contributed by atoms with Crippen LogP contribution in [0.3, 0.4) is 0 Å². The van der Waals surface area contributed by atoms with Crippen molar-refractivity contribution in [3.05, 3.63) is 35.9 Å².